The van der Waals surface area contributed by atoms with Gasteiger partial charge in [-0.25, -0.2) is 4.79 Å². The minimum Gasteiger partial charge on any atom is -0.450 e. The molecule has 0 radical (unpaired) electrons. The van der Waals surface area contributed by atoms with E-state index in [1.165, 1.54) is 0 Å². The van der Waals surface area contributed by atoms with Crippen LogP contribution in [0.2, 0.25) is 0 Å². The van der Waals surface area contributed by atoms with E-state index in [1.54, 1.807) is 6.92 Å². The van der Waals surface area contributed by atoms with Gasteiger partial charge in [-0.2, -0.15) is 0 Å². The third-order valence-electron chi connectivity index (χ3n) is 3.29. The van der Waals surface area contributed by atoms with Crippen LogP contribution in [0.25, 0.3) is 0 Å². The average Bonchev–Trinajstić information content (AvgIpc) is 2.51. The fourth-order valence-corrected chi connectivity index (χ4v) is 2.04. The fraction of sp³-hybridized carbons (Fsp3) is 0.412. The van der Waals surface area contributed by atoms with Crippen molar-refractivity contribution >= 4 is 11.9 Å². The molecule has 1 aromatic rings. The lowest BCUT2D eigenvalue weighted by molar-refractivity contribution is -0.156. The van der Waals surface area contributed by atoms with Crippen LogP contribution in [0.5, 0.6) is 0 Å². The zero-order chi connectivity index (χ0) is 17.2. The summed E-state index contributed by atoms with van der Waals surface area (Å²) in [6.07, 6.45) is -0.751. The van der Waals surface area contributed by atoms with Gasteiger partial charge in [0.25, 0.3) is 5.91 Å². The number of nitrogens with one attached hydrogen (secondary N) is 2. The predicted octanol–water partition coefficient (Wildman–Crippen LogP) is 0.380. The van der Waals surface area contributed by atoms with Gasteiger partial charge >= 0.3 is 5.97 Å². The second-order valence-corrected chi connectivity index (χ2v) is 5.35. The molecule has 0 heterocycles. The zero-order valence-corrected chi connectivity index (χ0v) is 13.7. The molecule has 23 heavy (non-hydrogen) atoms. The molecule has 0 saturated carbocycles. The number of carbonyl (C=O) groups is 2. The van der Waals surface area contributed by atoms with Crippen molar-refractivity contribution in [3.63, 3.8) is 0 Å². The van der Waals surface area contributed by atoms with Crippen LogP contribution in [-0.2, 0) is 20.7 Å². The molecule has 4 N–H and O–H groups in total. The highest BCUT2D eigenvalue weighted by atomic mass is 16.5. The molecule has 0 aromatic heterocycles. The van der Waals surface area contributed by atoms with Gasteiger partial charge in [0.05, 0.1) is 0 Å². The first-order chi connectivity index (χ1) is 11.0. The smallest absolute Gasteiger partial charge is 0.328 e. The first-order valence-corrected chi connectivity index (χ1v) is 7.52. The van der Waals surface area contributed by atoms with Crippen molar-refractivity contribution in [3.8, 4) is 0 Å². The summed E-state index contributed by atoms with van der Waals surface area (Å²) in [5, 5.41) is 6.01. The Balaban J connectivity index is 2.71. The second kappa shape index (κ2) is 9.76. The summed E-state index contributed by atoms with van der Waals surface area (Å²) < 4.78 is 5.31. The summed E-state index contributed by atoms with van der Waals surface area (Å²) in [5.74, 6) is -1.22. The number of hydrogen-bond donors (Lipinski definition) is 3. The molecule has 2 unspecified atom stereocenters. The lowest BCUT2D eigenvalue weighted by Gasteiger charge is -2.21. The number of nitrogens with two attached hydrogens (primary N) is 1. The van der Waals surface area contributed by atoms with Crippen LogP contribution in [0, 0.1) is 0 Å². The number of primary amides is 1. The molecule has 0 aliphatic rings. The maximum Gasteiger partial charge on any atom is 0.328 e. The van der Waals surface area contributed by atoms with Gasteiger partial charge in [0, 0.05) is 19.5 Å². The number of carbonyl (C=O) groups excluding carboxylic acids is 2. The molecule has 126 valence electrons. The predicted molar refractivity (Wildman–Crippen MR) is 89.8 cm³/mol. The third-order valence-corrected chi connectivity index (χ3v) is 3.29. The van der Waals surface area contributed by atoms with Crippen molar-refractivity contribution in [2.24, 2.45) is 5.73 Å². The van der Waals surface area contributed by atoms with Crippen LogP contribution < -0.4 is 16.4 Å². The van der Waals surface area contributed by atoms with Crippen molar-refractivity contribution in [1.29, 1.82) is 0 Å². The van der Waals surface area contributed by atoms with Crippen LogP contribution in [0.4, 0.5) is 0 Å². The average molecular weight is 319 g/mol. The van der Waals surface area contributed by atoms with E-state index in [-0.39, 0.29) is 6.42 Å². The molecule has 1 amide bonds. The first kappa shape index (κ1) is 18.9. The van der Waals surface area contributed by atoms with Crippen LogP contribution >= 0.6 is 0 Å². The van der Waals surface area contributed by atoms with E-state index in [0.717, 1.165) is 5.56 Å². The Labute approximate surface area is 137 Å². The van der Waals surface area contributed by atoms with Gasteiger partial charge < -0.3 is 15.8 Å². The molecule has 0 bridgehead atoms. The number of amides is 1. The van der Waals surface area contributed by atoms with Crippen molar-refractivity contribution in [1.82, 2.24) is 10.6 Å². The largest absolute Gasteiger partial charge is 0.450 e. The van der Waals surface area contributed by atoms with E-state index >= 15 is 0 Å². The third kappa shape index (κ3) is 6.63. The molecule has 1 rings (SSSR count). The number of benzene rings is 1. The van der Waals surface area contributed by atoms with E-state index in [1.807, 2.05) is 37.4 Å². The van der Waals surface area contributed by atoms with Gasteiger partial charge in [0.2, 0.25) is 0 Å². The van der Waals surface area contributed by atoms with E-state index in [2.05, 4.69) is 17.2 Å². The SMILES string of the molecule is C=C(C)C(NCCNC)C(=O)OC(Cc1ccccc1)C(N)=O. The van der Waals surface area contributed by atoms with E-state index < -0.39 is 24.0 Å². The van der Waals surface area contributed by atoms with Gasteiger partial charge in [-0.3, -0.25) is 10.1 Å². The van der Waals surface area contributed by atoms with Crippen molar-refractivity contribution in [2.45, 2.75) is 25.5 Å². The number of likely N-dealkylation sites (N-methyl/N-ethyl adjacent to an activating group) is 1. The lowest BCUT2D eigenvalue weighted by Crippen LogP contribution is -2.45. The standard InChI is InChI=1S/C17H25N3O3/c1-12(2)15(20-10-9-19-3)17(22)23-14(16(18)21)11-13-7-5-4-6-8-13/h4-8,14-15,19-20H,1,9-11H2,2-3H3,(H2,18,21). The summed E-state index contributed by atoms with van der Waals surface area (Å²) in [4.78, 5) is 23.9. The van der Waals surface area contributed by atoms with Crippen molar-refractivity contribution in [2.75, 3.05) is 20.1 Å². The van der Waals surface area contributed by atoms with Crippen LogP contribution in [0.1, 0.15) is 12.5 Å². The Morgan fingerprint density at radius 1 is 1.26 bits per heavy atom. The van der Waals surface area contributed by atoms with Gasteiger partial charge in [-0.05, 0) is 19.5 Å². The molecule has 0 aliphatic carbocycles. The fourth-order valence-electron chi connectivity index (χ4n) is 2.04. The molecular formula is C17H25N3O3. The maximum atomic E-state index is 12.3. The molecule has 0 spiro atoms. The minimum absolute atomic E-state index is 0.251. The maximum absolute atomic E-state index is 12.3. The Bertz CT molecular complexity index is 531. The van der Waals surface area contributed by atoms with Crippen LogP contribution in [0.3, 0.4) is 0 Å². The lowest BCUT2D eigenvalue weighted by atomic mass is 10.1. The highest BCUT2D eigenvalue weighted by Crippen LogP contribution is 2.09. The Morgan fingerprint density at radius 2 is 1.91 bits per heavy atom. The molecule has 0 aliphatic heterocycles. The number of hydrogen-bond acceptors (Lipinski definition) is 5. The molecule has 0 fully saturated rings. The van der Waals surface area contributed by atoms with E-state index in [9.17, 15) is 9.59 Å². The Morgan fingerprint density at radius 3 is 2.43 bits per heavy atom. The summed E-state index contributed by atoms with van der Waals surface area (Å²) >= 11 is 0. The monoisotopic (exact) mass is 319 g/mol. The van der Waals surface area contributed by atoms with Gasteiger partial charge in [-0.15, -0.1) is 0 Å². The minimum atomic E-state index is -1.00. The number of rotatable bonds is 10. The van der Waals surface area contributed by atoms with Gasteiger partial charge in [-0.1, -0.05) is 42.5 Å². The molecule has 6 heteroatoms. The molecular weight excluding hydrogens is 294 g/mol. The summed E-state index contributed by atoms with van der Waals surface area (Å²) in [7, 11) is 1.82. The van der Waals surface area contributed by atoms with Crippen molar-refractivity contribution in [3.05, 3.63) is 48.0 Å². The van der Waals surface area contributed by atoms with E-state index in [0.29, 0.717) is 18.7 Å². The van der Waals surface area contributed by atoms with Crippen molar-refractivity contribution < 1.29 is 14.3 Å². The topological polar surface area (TPSA) is 93.4 Å². The Kier molecular flexibility index (Phi) is 8.01. The highest BCUT2D eigenvalue weighted by Gasteiger charge is 2.26. The summed E-state index contributed by atoms with van der Waals surface area (Å²) in [6.45, 7) is 6.79. The molecule has 2 atom stereocenters. The second-order valence-electron chi connectivity index (χ2n) is 5.35. The summed E-state index contributed by atoms with van der Waals surface area (Å²) in [6, 6.07) is 8.62. The molecule has 1 aromatic carbocycles. The molecule has 6 nitrogen and oxygen atoms in total. The Hall–Kier alpha value is -2.18. The zero-order valence-electron chi connectivity index (χ0n) is 13.7. The first-order valence-electron chi connectivity index (χ1n) is 7.52. The van der Waals surface area contributed by atoms with Gasteiger partial charge in [0.15, 0.2) is 6.10 Å². The van der Waals surface area contributed by atoms with E-state index in [4.69, 9.17) is 10.5 Å². The number of ether oxygens (including phenoxy) is 1. The summed E-state index contributed by atoms with van der Waals surface area (Å²) in [5.41, 5.74) is 6.86. The number of esters is 1. The van der Waals surface area contributed by atoms with Gasteiger partial charge in [0.1, 0.15) is 6.04 Å². The van der Waals surface area contributed by atoms with Crippen LogP contribution in [0.15, 0.2) is 42.5 Å². The highest BCUT2D eigenvalue weighted by molar-refractivity contribution is 5.85. The van der Waals surface area contributed by atoms with Crippen LogP contribution in [-0.4, -0.2) is 44.2 Å². The normalized spacial score (nSPS) is 13.1. The molecule has 0 saturated heterocycles. The quantitative estimate of drug-likeness (QED) is 0.329.